The third-order valence-electron chi connectivity index (χ3n) is 3.91. The Bertz CT molecular complexity index is 1040. The number of aryl methyl sites for hydroxylation is 1. The first-order chi connectivity index (χ1) is 14.2. The number of carbonyl (C=O) groups excluding carboxylic acids is 1. The first-order valence-electron chi connectivity index (χ1n) is 8.68. The maximum absolute atomic E-state index is 12.7. The molecule has 0 bridgehead atoms. The topological polar surface area (TPSA) is 115 Å². The van der Waals surface area contributed by atoms with Crippen molar-refractivity contribution in [3.63, 3.8) is 0 Å². The van der Waals surface area contributed by atoms with Gasteiger partial charge in [0.25, 0.3) is 5.91 Å². The van der Waals surface area contributed by atoms with Crippen LogP contribution >= 0.6 is 0 Å². The van der Waals surface area contributed by atoms with Gasteiger partial charge in [-0.2, -0.15) is 18.0 Å². The van der Waals surface area contributed by atoms with Gasteiger partial charge in [0.15, 0.2) is 0 Å². The number of nitrogens with one attached hydrogen (secondary N) is 1. The van der Waals surface area contributed by atoms with Gasteiger partial charge in [-0.1, -0.05) is 0 Å². The number of pyridine rings is 1. The molecule has 1 aromatic carbocycles. The number of aromatic nitrogens is 5. The van der Waals surface area contributed by atoms with Crippen LogP contribution in [0.3, 0.4) is 0 Å². The van der Waals surface area contributed by atoms with Crippen LogP contribution in [0.4, 0.5) is 13.2 Å². The first-order valence-corrected chi connectivity index (χ1v) is 8.68. The van der Waals surface area contributed by atoms with E-state index in [-0.39, 0.29) is 35.2 Å². The molecule has 0 aliphatic carbocycles. The Morgan fingerprint density at radius 1 is 1.30 bits per heavy atom. The molecule has 0 saturated heterocycles. The zero-order valence-electron chi connectivity index (χ0n) is 15.9. The minimum Gasteiger partial charge on any atom is -0.438 e. The van der Waals surface area contributed by atoms with Gasteiger partial charge in [0, 0.05) is 12.2 Å². The SMILES string of the molecule is C[C@H](CO)NC(=O)c1cnc(Oc2ccc(C(F)(F)F)cc2)c(-c2nnn(C)n2)c1. The summed E-state index contributed by atoms with van der Waals surface area (Å²) in [5.41, 5.74) is -0.450. The Kier molecular flexibility index (Phi) is 5.96. The summed E-state index contributed by atoms with van der Waals surface area (Å²) in [5, 5.41) is 23.3. The Morgan fingerprint density at radius 2 is 2.00 bits per heavy atom. The lowest BCUT2D eigenvalue weighted by Crippen LogP contribution is -2.35. The lowest BCUT2D eigenvalue weighted by Gasteiger charge is -2.13. The summed E-state index contributed by atoms with van der Waals surface area (Å²) in [6.07, 6.45) is -3.23. The molecule has 0 radical (unpaired) electrons. The second-order valence-corrected chi connectivity index (χ2v) is 6.36. The van der Waals surface area contributed by atoms with E-state index in [4.69, 9.17) is 9.84 Å². The van der Waals surface area contributed by atoms with Crippen molar-refractivity contribution in [2.24, 2.45) is 7.05 Å². The number of rotatable bonds is 6. The van der Waals surface area contributed by atoms with Crippen LogP contribution in [0.15, 0.2) is 36.5 Å². The quantitative estimate of drug-likeness (QED) is 0.626. The van der Waals surface area contributed by atoms with Gasteiger partial charge in [-0.3, -0.25) is 4.79 Å². The van der Waals surface area contributed by atoms with Crippen molar-refractivity contribution in [1.29, 1.82) is 0 Å². The van der Waals surface area contributed by atoms with Gasteiger partial charge in [0.1, 0.15) is 5.75 Å². The average molecular weight is 422 g/mol. The summed E-state index contributed by atoms with van der Waals surface area (Å²) >= 11 is 0. The van der Waals surface area contributed by atoms with E-state index < -0.39 is 23.7 Å². The van der Waals surface area contributed by atoms with E-state index in [1.807, 2.05) is 0 Å². The molecule has 0 fully saturated rings. The van der Waals surface area contributed by atoms with Crippen LogP contribution in [-0.2, 0) is 13.2 Å². The molecule has 3 aromatic rings. The number of nitrogens with zero attached hydrogens (tertiary/aromatic N) is 5. The van der Waals surface area contributed by atoms with Gasteiger partial charge < -0.3 is 15.2 Å². The molecule has 0 unspecified atom stereocenters. The maximum Gasteiger partial charge on any atom is 0.416 e. The van der Waals surface area contributed by atoms with Crippen LogP contribution in [0, 0.1) is 0 Å². The fourth-order valence-corrected chi connectivity index (χ4v) is 2.39. The second kappa shape index (κ2) is 8.45. The molecule has 1 amide bonds. The molecule has 2 N–H and O–H groups in total. The van der Waals surface area contributed by atoms with E-state index in [0.29, 0.717) is 0 Å². The molecule has 0 aliphatic heterocycles. The zero-order valence-corrected chi connectivity index (χ0v) is 15.9. The minimum atomic E-state index is -4.47. The van der Waals surface area contributed by atoms with Crippen LogP contribution in [0.25, 0.3) is 11.4 Å². The maximum atomic E-state index is 12.7. The second-order valence-electron chi connectivity index (χ2n) is 6.36. The molecule has 12 heteroatoms. The van der Waals surface area contributed by atoms with E-state index in [1.165, 1.54) is 17.1 Å². The third-order valence-corrected chi connectivity index (χ3v) is 3.91. The van der Waals surface area contributed by atoms with E-state index in [1.54, 1.807) is 14.0 Å². The number of benzene rings is 1. The normalized spacial score (nSPS) is 12.5. The molecule has 2 heterocycles. The first kappa shape index (κ1) is 21.2. The highest BCUT2D eigenvalue weighted by atomic mass is 19.4. The number of ether oxygens (including phenoxy) is 1. The van der Waals surface area contributed by atoms with Gasteiger partial charge in [-0.05, 0) is 42.5 Å². The zero-order chi connectivity index (χ0) is 21.9. The summed E-state index contributed by atoms with van der Waals surface area (Å²) in [5.74, 6) is -0.298. The van der Waals surface area contributed by atoms with Gasteiger partial charge in [-0.15, -0.1) is 10.2 Å². The van der Waals surface area contributed by atoms with Gasteiger partial charge >= 0.3 is 6.18 Å². The van der Waals surface area contributed by atoms with Crippen LogP contribution < -0.4 is 10.1 Å². The largest absolute Gasteiger partial charge is 0.438 e. The van der Waals surface area contributed by atoms with Crippen LogP contribution in [0.1, 0.15) is 22.8 Å². The number of aliphatic hydroxyl groups is 1. The standard InChI is InChI=1S/C18H17F3N6O3/c1-10(9-28)23-16(29)11-7-14(15-24-26-27(2)25-15)17(22-8-11)30-13-5-3-12(4-6-13)18(19,20)21/h3-8,10,28H,9H2,1-2H3,(H,23,29)/t10-/m1/s1. The van der Waals surface area contributed by atoms with Crippen molar-refractivity contribution < 1.29 is 27.8 Å². The predicted octanol–water partition coefficient (Wildman–Crippen LogP) is 2.19. The van der Waals surface area contributed by atoms with Crippen LogP contribution in [-0.4, -0.2) is 48.9 Å². The average Bonchev–Trinajstić information content (AvgIpc) is 3.14. The van der Waals surface area contributed by atoms with Gasteiger partial charge in [-0.25, -0.2) is 4.98 Å². The monoisotopic (exact) mass is 422 g/mol. The Balaban J connectivity index is 1.94. The van der Waals surface area contributed by atoms with Crippen molar-refractivity contribution in [2.45, 2.75) is 19.1 Å². The van der Waals surface area contributed by atoms with E-state index in [2.05, 4.69) is 25.7 Å². The molecule has 9 nitrogen and oxygen atoms in total. The van der Waals surface area contributed by atoms with Crippen molar-refractivity contribution in [2.75, 3.05) is 6.61 Å². The molecular weight excluding hydrogens is 405 g/mol. The fraction of sp³-hybridized carbons (Fsp3) is 0.278. The number of aliphatic hydroxyl groups excluding tert-OH is 1. The van der Waals surface area contributed by atoms with Crippen LogP contribution in [0.2, 0.25) is 0 Å². The number of tetrazole rings is 1. The molecule has 2 aromatic heterocycles. The number of carbonyl (C=O) groups is 1. The lowest BCUT2D eigenvalue weighted by molar-refractivity contribution is -0.137. The lowest BCUT2D eigenvalue weighted by atomic mass is 10.1. The molecule has 30 heavy (non-hydrogen) atoms. The number of hydrogen-bond acceptors (Lipinski definition) is 7. The van der Waals surface area contributed by atoms with Crippen molar-refractivity contribution >= 4 is 5.91 Å². The number of hydrogen-bond donors (Lipinski definition) is 2. The number of amides is 1. The third kappa shape index (κ3) is 4.89. The summed E-state index contributed by atoms with van der Waals surface area (Å²) in [4.78, 5) is 17.6. The Hall–Kier alpha value is -3.54. The summed E-state index contributed by atoms with van der Waals surface area (Å²) in [6, 6.07) is 5.02. The highest BCUT2D eigenvalue weighted by Gasteiger charge is 2.30. The molecular formula is C18H17F3N6O3. The highest BCUT2D eigenvalue weighted by Crippen LogP contribution is 2.33. The highest BCUT2D eigenvalue weighted by molar-refractivity contribution is 5.95. The van der Waals surface area contributed by atoms with E-state index >= 15 is 0 Å². The minimum absolute atomic E-state index is 0.0190. The smallest absolute Gasteiger partial charge is 0.416 e. The molecule has 0 saturated carbocycles. The summed E-state index contributed by atoms with van der Waals surface area (Å²) < 4.78 is 43.8. The summed E-state index contributed by atoms with van der Waals surface area (Å²) in [7, 11) is 1.54. The molecule has 1 atom stereocenters. The van der Waals surface area contributed by atoms with Crippen molar-refractivity contribution in [1.82, 2.24) is 30.5 Å². The molecule has 0 aliphatic rings. The van der Waals surface area contributed by atoms with Gasteiger partial charge in [0.2, 0.25) is 11.7 Å². The molecule has 3 rings (SSSR count). The predicted molar refractivity (Wildman–Crippen MR) is 97.6 cm³/mol. The summed E-state index contributed by atoms with van der Waals surface area (Å²) in [6.45, 7) is 1.38. The van der Waals surface area contributed by atoms with Gasteiger partial charge in [0.05, 0.1) is 30.3 Å². The van der Waals surface area contributed by atoms with Crippen LogP contribution in [0.5, 0.6) is 11.6 Å². The Labute approximate surface area is 168 Å². The molecule has 0 spiro atoms. The van der Waals surface area contributed by atoms with E-state index in [0.717, 1.165) is 24.3 Å². The fourth-order valence-electron chi connectivity index (χ4n) is 2.39. The van der Waals surface area contributed by atoms with Crippen molar-refractivity contribution in [3.05, 3.63) is 47.7 Å². The number of alkyl halides is 3. The molecule has 158 valence electrons. The van der Waals surface area contributed by atoms with Crippen molar-refractivity contribution in [3.8, 4) is 23.0 Å². The number of halogens is 3. The Morgan fingerprint density at radius 3 is 2.57 bits per heavy atom. The van der Waals surface area contributed by atoms with E-state index in [9.17, 15) is 18.0 Å².